The highest BCUT2D eigenvalue weighted by Crippen LogP contribution is 2.11. The van der Waals surface area contributed by atoms with Crippen LogP contribution in [0.4, 0.5) is 0 Å². The average Bonchev–Trinajstić information content (AvgIpc) is 1.95. The molecule has 4 nitrogen and oxygen atoms in total. The first-order chi connectivity index (χ1) is 5.84. The Bertz CT molecular complexity index is 194. The zero-order valence-electron chi connectivity index (χ0n) is 8.64. The highest BCUT2D eigenvalue weighted by atomic mass is 16.5. The molecule has 0 unspecified atom stereocenters. The van der Waals surface area contributed by atoms with Crippen LogP contribution in [0.2, 0.25) is 0 Å². The van der Waals surface area contributed by atoms with E-state index in [1.54, 1.807) is 0 Å². The van der Waals surface area contributed by atoms with Crippen LogP contribution >= 0.6 is 0 Å². The van der Waals surface area contributed by atoms with Gasteiger partial charge in [0.25, 0.3) is 0 Å². The Morgan fingerprint density at radius 3 is 2.23 bits per heavy atom. The molecule has 1 amide bonds. The highest BCUT2D eigenvalue weighted by Gasteiger charge is 2.20. The summed E-state index contributed by atoms with van der Waals surface area (Å²) in [6, 6.07) is 0. The molecule has 0 fully saturated rings. The molecule has 0 bridgehead atoms. The maximum Gasteiger partial charge on any atom is 0.302 e. The second kappa shape index (κ2) is 4.84. The van der Waals surface area contributed by atoms with Gasteiger partial charge in [0.1, 0.15) is 6.61 Å². The molecule has 0 atom stereocenters. The van der Waals surface area contributed by atoms with Gasteiger partial charge in [0.15, 0.2) is 0 Å². The minimum atomic E-state index is -0.393. The van der Waals surface area contributed by atoms with Crippen molar-refractivity contribution in [2.75, 3.05) is 13.2 Å². The second-order valence-electron chi connectivity index (χ2n) is 3.85. The van der Waals surface area contributed by atoms with Crippen molar-refractivity contribution in [3.05, 3.63) is 0 Å². The lowest BCUT2D eigenvalue weighted by Crippen LogP contribution is -2.36. The third kappa shape index (κ3) is 6.13. The van der Waals surface area contributed by atoms with Gasteiger partial charge >= 0.3 is 5.97 Å². The summed E-state index contributed by atoms with van der Waals surface area (Å²) in [4.78, 5) is 21.6. The van der Waals surface area contributed by atoms with E-state index in [-0.39, 0.29) is 18.5 Å². The molecule has 0 aromatic carbocycles. The first-order valence-electron chi connectivity index (χ1n) is 4.25. The van der Waals surface area contributed by atoms with Crippen LogP contribution < -0.4 is 5.32 Å². The number of carbonyl (C=O) groups is 2. The number of carbonyl (C=O) groups excluding carboxylic acids is 2. The first-order valence-corrected chi connectivity index (χ1v) is 4.25. The van der Waals surface area contributed by atoms with Gasteiger partial charge in [-0.25, -0.2) is 0 Å². The molecular formula is C9H17NO3. The lowest BCUT2D eigenvalue weighted by Gasteiger charge is -2.17. The second-order valence-corrected chi connectivity index (χ2v) is 3.85. The van der Waals surface area contributed by atoms with Crippen molar-refractivity contribution >= 4 is 11.9 Å². The topological polar surface area (TPSA) is 55.4 Å². The van der Waals surface area contributed by atoms with E-state index in [2.05, 4.69) is 10.1 Å². The van der Waals surface area contributed by atoms with Crippen molar-refractivity contribution in [1.29, 1.82) is 0 Å². The van der Waals surface area contributed by atoms with Crippen molar-refractivity contribution in [3.8, 4) is 0 Å². The summed E-state index contributed by atoms with van der Waals surface area (Å²) in [5.74, 6) is -0.371. The molecule has 0 aliphatic rings. The van der Waals surface area contributed by atoms with Crippen molar-refractivity contribution < 1.29 is 14.3 Å². The van der Waals surface area contributed by atoms with Gasteiger partial charge in [-0.05, 0) is 0 Å². The van der Waals surface area contributed by atoms with E-state index in [9.17, 15) is 9.59 Å². The third-order valence-corrected chi connectivity index (χ3v) is 1.37. The van der Waals surface area contributed by atoms with Crippen LogP contribution in [-0.2, 0) is 14.3 Å². The van der Waals surface area contributed by atoms with Crippen LogP contribution in [0.5, 0.6) is 0 Å². The molecule has 0 aliphatic carbocycles. The van der Waals surface area contributed by atoms with E-state index in [1.165, 1.54) is 6.92 Å². The van der Waals surface area contributed by atoms with Gasteiger partial charge in [-0.1, -0.05) is 20.8 Å². The Labute approximate surface area is 78.6 Å². The number of hydrogen-bond acceptors (Lipinski definition) is 3. The van der Waals surface area contributed by atoms with Gasteiger partial charge in [-0.15, -0.1) is 0 Å². The zero-order chi connectivity index (χ0) is 10.5. The van der Waals surface area contributed by atoms with Gasteiger partial charge < -0.3 is 10.1 Å². The van der Waals surface area contributed by atoms with Gasteiger partial charge in [-0.3, -0.25) is 9.59 Å². The Balaban J connectivity index is 3.55. The molecule has 13 heavy (non-hydrogen) atoms. The number of rotatable bonds is 3. The summed E-state index contributed by atoms with van der Waals surface area (Å²) in [5, 5.41) is 2.66. The van der Waals surface area contributed by atoms with Gasteiger partial charge in [0.05, 0.1) is 6.54 Å². The smallest absolute Gasteiger partial charge is 0.302 e. The molecule has 0 spiro atoms. The normalized spacial score (nSPS) is 10.8. The van der Waals surface area contributed by atoms with Gasteiger partial charge in [0, 0.05) is 12.3 Å². The fourth-order valence-corrected chi connectivity index (χ4v) is 0.624. The number of esters is 1. The van der Waals surface area contributed by atoms with E-state index in [0.29, 0.717) is 6.54 Å². The average molecular weight is 187 g/mol. The summed E-state index contributed by atoms with van der Waals surface area (Å²) in [5.41, 5.74) is -0.393. The summed E-state index contributed by atoms with van der Waals surface area (Å²) in [7, 11) is 0. The number of ether oxygens (including phenoxy) is 1. The van der Waals surface area contributed by atoms with E-state index >= 15 is 0 Å². The van der Waals surface area contributed by atoms with Gasteiger partial charge in [0.2, 0.25) is 5.91 Å². The molecule has 0 aliphatic heterocycles. The third-order valence-electron chi connectivity index (χ3n) is 1.37. The van der Waals surface area contributed by atoms with Crippen LogP contribution in [0.3, 0.4) is 0 Å². The molecule has 0 radical (unpaired) electrons. The highest BCUT2D eigenvalue weighted by molar-refractivity contribution is 5.81. The predicted octanol–water partition coefficient (Wildman–Crippen LogP) is 0.712. The zero-order valence-corrected chi connectivity index (χ0v) is 8.64. The Morgan fingerprint density at radius 1 is 1.31 bits per heavy atom. The van der Waals surface area contributed by atoms with E-state index in [1.807, 2.05) is 20.8 Å². The van der Waals surface area contributed by atoms with Crippen LogP contribution in [0, 0.1) is 5.41 Å². The number of hydrogen-bond donors (Lipinski definition) is 1. The van der Waals surface area contributed by atoms with Gasteiger partial charge in [-0.2, -0.15) is 0 Å². The lowest BCUT2D eigenvalue weighted by atomic mass is 9.96. The molecule has 76 valence electrons. The molecule has 0 saturated carbocycles. The van der Waals surface area contributed by atoms with E-state index < -0.39 is 5.41 Å². The molecule has 1 N–H and O–H groups in total. The number of nitrogens with one attached hydrogen (secondary N) is 1. The Kier molecular flexibility index (Phi) is 4.45. The minimum Gasteiger partial charge on any atom is -0.464 e. The van der Waals surface area contributed by atoms with Crippen LogP contribution in [-0.4, -0.2) is 25.0 Å². The standard InChI is InChI=1S/C9H17NO3/c1-7(11)13-6-5-10-8(12)9(2,3)4/h5-6H2,1-4H3,(H,10,12). The lowest BCUT2D eigenvalue weighted by molar-refractivity contribution is -0.141. The SMILES string of the molecule is CC(=O)OCCNC(=O)C(C)(C)C. The van der Waals surface area contributed by atoms with E-state index in [4.69, 9.17) is 0 Å². The largest absolute Gasteiger partial charge is 0.464 e. The van der Waals surface area contributed by atoms with E-state index in [0.717, 1.165) is 0 Å². The van der Waals surface area contributed by atoms with Crippen molar-refractivity contribution in [2.45, 2.75) is 27.7 Å². The van der Waals surface area contributed by atoms with Crippen molar-refractivity contribution in [1.82, 2.24) is 5.32 Å². The Hall–Kier alpha value is -1.06. The fourth-order valence-electron chi connectivity index (χ4n) is 0.624. The molecule has 0 rings (SSSR count). The number of amides is 1. The maximum absolute atomic E-state index is 11.3. The van der Waals surface area contributed by atoms with Crippen LogP contribution in [0.15, 0.2) is 0 Å². The molecule has 0 aromatic rings. The van der Waals surface area contributed by atoms with Crippen molar-refractivity contribution in [3.63, 3.8) is 0 Å². The monoisotopic (exact) mass is 187 g/mol. The molecule has 0 saturated heterocycles. The van der Waals surface area contributed by atoms with Crippen LogP contribution in [0.25, 0.3) is 0 Å². The first kappa shape index (κ1) is 11.9. The maximum atomic E-state index is 11.3. The van der Waals surface area contributed by atoms with Crippen molar-refractivity contribution in [2.24, 2.45) is 5.41 Å². The molecule has 0 heterocycles. The summed E-state index contributed by atoms with van der Waals surface area (Å²) >= 11 is 0. The predicted molar refractivity (Wildman–Crippen MR) is 49.1 cm³/mol. The summed E-state index contributed by atoms with van der Waals surface area (Å²) in [6.07, 6.45) is 0. The molecule has 0 aromatic heterocycles. The minimum absolute atomic E-state index is 0.0420. The summed E-state index contributed by atoms with van der Waals surface area (Å²) in [6.45, 7) is 7.43. The molecular weight excluding hydrogens is 170 g/mol. The fraction of sp³-hybridized carbons (Fsp3) is 0.778. The summed E-state index contributed by atoms with van der Waals surface area (Å²) < 4.78 is 4.65. The quantitative estimate of drug-likeness (QED) is 0.523. The van der Waals surface area contributed by atoms with Crippen LogP contribution in [0.1, 0.15) is 27.7 Å². The molecule has 4 heteroatoms. The Morgan fingerprint density at radius 2 is 1.85 bits per heavy atom.